The third-order valence-electron chi connectivity index (χ3n) is 3.19. The van der Waals surface area contributed by atoms with Gasteiger partial charge in [-0.2, -0.15) is 13.2 Å². The second-order valence-electron chi connectivity index (χ2n) is 4.77. The maximum absolute atomic E-state index is 12.8. The van der Waals surface area contributed by atoms with Crippen molar-refractivity contribution in [1.29, 1.82) is 0 Å². The number of rotatable bonds is 2. The highest BCUT2D eigenvalue weighted by molar-refractivity contribution is 6.32. The van der Waals surface area contributed by atoms with Gasteiger partial charge in [0, 0.05) is 6.54 Å². The summed E-state index contributed by atoms with van der Waals surface area (Å²) in [5.41, 5.74) is 0.449. The van der Waals surface area contributed by atoms with Gasteiger partial charge in [0.1, 0.15) is 0 Å². The Morgan fingerprint density at radius 1 is 1.22 bits per heavy atom. The number of halogens is 4. The molecule has 0 bridgehead atoms. The average Bonchev–Trinajstić information content (AvgIpc) is 2.74. The topological polar surface area (TPSA) is 3.24 Å². The number of nitrogens with zero attached hydrogens (tertiary/aromatic N) is 1. The van der Waals surface area contributed by atoms with Crippen molar-refractivity contribution in [2.75, 3.05) is 13.1 Å². The molecule has 18 heavy (non-hydrogen) atoms. The molecular formula is C13H15ClF3N. The van der Waals surface area contributed by atoms with E-state index in [1.165, 1.54) is 0 Å². The van der Waals surface area contributed by atoms with Gasteiger partial charge in [-0.1, -0.05) is 23.2 Å². The van der Waals surface area contributed by atoms with E-state index in [-0.39, 0.29) is 5.02 Å². The van der Waals surface area contributed by atoms with Gasteiger partial charge in [-0.15, -0.1) is 0 Å². The summed E-state index contributed by atoms with van der Waals surface area (Å²) in [5, 5.41) is -0.153. The third kappa shape index (κ3) is 2.98. The fourth-order valence-electron chi connectivity index (χ4n) is 2.35. The Morgan fingerprint density at radius 2 is 1.83 bits per heavy atom. The van der Waals surface area contributed by atoms with Gasteiger partial charge in [-0.3, -0.25) is 4.90 Å². The number of hydrogen-bond acceptors (Lipinski definition) is 1. The van der Waals surface area contributed by atoms with E-state index in [4.69, 9.17) is 11.6 Å². The van der Waals surface area contributed by atoms with E-state index < -0.39 is 11.7 Å². The molecule has 100 valence electrons. The van der Waals surface area contributed by atoms with E-state index >= 15 is 0 Å². The first-order valence-electron chi connectivity index (χ1n) is 5.96. The molecular weight excluding hydrogens is 263 g/mol. The molecule has 0 spiro atoms. The zero-order chi connectivity index (χ0) is 13.3. The molecule has 1 aromatic carbocycles. The van der Waals surface area contributed by atoms with Gasteiger partial charge in [-0.25, -0.2) is 0 Å². The molecule has 5 heteroatoms. The van der Waals surface area contributed by atoms with Crippen molar-refractivity contribution in [1.82, 2.24) is 4.90 Å². The monoisotopic (exact) mass is 277 g/mol. The first-order valence-corrected chi connectivity index (χ1v) is 6.34. The van der Waals surface area contributed by atoms with Crippen LogP contribution < -0.4 is 0 Å². The number of likely N-dealkylation sites (tertiary alicyclic amines) is 1. The molecule has 1 nitrogen and oxygen atoms in total. The zero-order valence-electron chi connectivity index (χ0n) is 10.1. The molecule has 2 rings (SSSR count). The van der Waals surface area contributed by atoms with Gasteiger partial charge in [-0.05, 0) is 44.5 Å². The van der Waals surface area contributed by atoms with Gasteiger partial charge < -0.3 is 0 Å². The molecule has 1 fully saturated rings. The van der Waals surface area contributed by atoms with Crippen LogP contribution in [0.25, 0.3) is 0 Å². The lowest BCUT2D eigenvalue weighted by atomic mass is 10.1. The van der Waals surface area contributed by atoms with Crippen LogP contribution in [0.3, 0.4) is 0 Å². The molecule has 0 saturated carbocycles. The third-order valence-corrected chi connectivity index (χ3v) is 3.64. The second kappa shape index (κ2) is 5.10. The van der Waals surface area contributed by atoms with Crippen LogP contribution in [0.5, 0.6) is 0 Å². The fraction of sp³-hybridized carbons (Fsp3) is 0.538. The molecule has 1 heterocycles. The molecule has 1 saturated heterocycles. The van der Waals surface area contributed by atoms with Gasteiger partial charge in [0.2, 0.25) is 0 Å². The molecule has 0 N–H and O–H groups in total. The summed E-state index contributed by atoms with van der Waals surface area (Å²) in [6.45, 7) is 4.04. The minimum absolute atomic E-state index is 0.153. The minimum atomic E-state index is -4.39. The van der Waals surface area contributed by atoms with E-state index in [2.05, 4.69) is 4.90 Å². The molecule has 1 aromatic rings. The molecule has 0 radical (unpaired) electrons. The van der Waals surface area contributed by atoms with Crippen molar-refractivity contribution in [2.24, 2.45) is 0 Å². The van der Waals surface area contributed by atoms with Gasteiger partial charge in [0.25, 0.3) is 0 Å². The Hall–Kier alpha value is -0.740. The van der Waals surface area contributed by atoms with E-state index in [9.17, 15) is 13.2 Å². The van der Waals surface area contributed by atoms with Crippen LogP contribution in [0.2, 0.25) is 5.02 Å². The summed E-state index contributed by atoms with van der Waals surface area (Å²) in [5.74, 6) is 0. The lowest BCUT2D eigenvalue weighted by Crippen LogP contribution is -2.19. The Kier molecular flexibility index (Phi) is 3.87. The lowest BCUT2D eigenvalue weighted by Gasteiger charge is -2.19. The van der Waals surface area contributed by atoms with Crippen molar-refractivity contribution in [3.63, 3.8) is 0 Å². The Labute approximate surface area is 110 Å². The van der Waals surface area contributed by atoms with Crippen molar-refractivity contribution in [3.8, 4) is 0 Å². The molecule has 1 aliphatic rings. The van der Waals surface area contributed by atoms with Crippen LogP contribution in [0.4, 0.5) is 13.2 Å². The van der Waals surface area contributed by atoms with E-state index in [0.29, 0.717) is 17.7 Å². The minimum Gasteiger partial charge on any atom is -0.299 e. The maximum Gasteiger partial charge on any atom is 0.417 e. The number of benzene rings is 1. The Bertz CT molecular complexity index is 437. The predicted octanol–water partition coefficient (Wildman–Crippen LogP) is 4.26. The summed E-state index contributed by atoms with van der Waals surface area (Å²) < 4.78 is 38.5. The van der Waals surface area contributed by atoms with Crippen molar-refractivity contribution >= 4 is 11.6 Å². The molecule has 0 aromatic heterocycles. The highest BCUT2D eigenvalue weighted by atomic mass is 35.5. The SMILES string of the molecule is Cc1cc(CN2CCCC2)c(Cl)c(C(F)(F)F)c1. The van der Waals surface area contributed by atoms with Gasteiger partial charge >= 0.3 is 6.18 Å². The van der Waals surface area contributed by atoms with Crippen molar-refractivity contribution < 1.29 is 13.2 Å². The van der Waals surface area contributed by atoms with E-state index in [0.717, 1.165) is 32.0 Å². The first kappa shape index (κ1) is 13.7. The highest BCUT2D eigenvalue weighted by Crippen LogP contribution is 2.37. The van der Waals surface area contributed by atoms with Crippen LogP contribution in [-0.4, -0.2) is 18.0 Å². The largest absolute Gasteiger partial charge is 0.417 e. The smallest absolute Gasteiger partial charge is 0.299 e. The molecule has 0 amide bonds. The van der Waals surface area contributed by atoms with Crippen LogP contribution in [0, 0.1) is 6.92 Å². The number of alkyl halides is 3. The van der Waals surface area contributed by atoms with Crippen LogP contribution in [0.15, 0.2) is 12.1 Å². The van der Waals surface area contributed by atoms with Crippen LogP contribution >= 0.6 is 11.6 Å². The summed E-state index contributed by atoms with van der Waals surface area (Å²) in [6, 6.07) is 2.85. The van der Waals surface area contributed by atoms with E-state index in [1.54, 1.807) is 13.0 Å². The zero-order valence-corrected chi connectivity index (χ0v) is 10.9. The Morgan fingerprint density at radius 3 is 2.39 bits per heavy atom. The lowest BCUT2D eigenvalue weighted by molar-refractivity contribution is -0.137. The fourth-order valence-corrected chi connectivity index (χ4v) is 2.62. The normalized spacial score (nSPS) is 17.4. The average molecular weight is 278 g/mol. The van der Waals surface area contributed by atoms with Crippen LogP contribution in [0.1, 0.15) is 29.5 Å². The number of aryl methyl sites for hydroxylation is 1. The van der Waals surface area contributed by atoms with Crippen molar-refractivity contribution in [2.45, 2.75) is 32.5 Å². The van der Waals surface area contributed by atoms with E-state index in [1.807, 2.05) is 0 Å². The van der Waals surface area contributed by atoms with Crippen molar-refractivity contribution in [3.05, 3.63) is 33.8 Å². The molecule has 0 unspecified atom stereocenters. The summed E-state index contributed by atoms with van der Waals surface area (Å²) in [4.78, 5) is 2.14. The Balaban J connectivity index is 2.32. The van der Waals surface area contributed by atoms with Crippen LogP contribution in [-0.2, 0) is 12.7 Å². The quantitative estimate of drug-likeness (QED) is 0.781. The molecule has 1 aliphatic heterocycles. The first-order chi connectivity index (χ1) is 8.38. The summed E-state index contributed by atoms with van der Waals surface area (Å²) in [6.07, 6.45) is -2.17. The molecule has 0 atom stereocenters. The molecule has 0 aliphatic carbocycles. The standard InChI is InChI=1S/C13H15ClF3N/c1-9-6-10(8-18-4-2-3-5-18)12(14)11(7-9)13(15,16)17/h6-7H,2-5,8H2,1H3. The summed E-state index contributed by atoms with van der Waals surface area (Å²) >= 11 is 5.90. The maximum atomic E-state index is 12.8. The second-order valence-corrected chi connectivity index (χ2v) is 5.14. The summed E-state index contributed by atoms with van der Waals surface area (Å²) in [7, 11) is 0. The number of hydrogen-bond donors (Lipinski definition) is 0. The highest BCUT2D eigenvalue weighted by Gasteiger charge is 2.34. The van der Waals surface area contributed by atoms with Gasteiger partial charge in [0.05, 0.1) is 10.6 Å². The van der Waals surface area contributed by atoms with Gasteiger partial charge in [0.15, 0.2) is 0 Å². The predicted molar refractivity (Wildman–Crippen MR) is 65.7 cm³/mol.